The molecule has 2 aromatic rings. The lowest BCUT2D eigenvalue weighted by molar-refractivity contribution is 0.297. The second-order valence-corrected chi connectivity index (χ2v) is 7.96. The van der Waals surface area contributed by atoms with Crippen LogP contribution in [0.5, 0.6) is 11.5 Å². The van der Waals surface area contributed by atoms with Gasteiger partial charge < -0.3 is 25.0 Å². The number of hydrogen-bond donors (Lipinski definition) is 2. The average Bonchev–Trinajstić information content (AvgIpc) is 3.02. The number of guanidine groups is 1. The van der Waals surface area contributed by atoms with Gasteiger partial charge in [-0.15, -0.1) is 0 Å². The Morgan fingerprint density at radius 3 is 2.67 bits per heavy atom. The average molecular weight is 410 g/mol. The van der Waals surface area contributed by atoms with Crippen molar-refractivity contribution in [3.05, 3.63) is 42.1 Å². The maximum Gasteiger partial charge on any atom is 0.195 e. The number of aliphatic imine (C=N–C) groups is 1. The Labute approximate surface area is 178 Å². The molecule has 0 aliphatic carbocycles. The van der Waals surface area contributed by atoms with Crippen LogP contribution in [0, 0.1) is 5.92 Å². The lowest BCUT2D eigenvalue weighted by atomic mass is 9.99. The van der Waals surface area contributed by atoms with Gasteiger partial charge in [-0.05, 0) is 42.5 Å². The highest BCUT2D eigenvalue weighted by molar-refractivity contribution is 5.93. The number of fused-ring (bicyclic) bond motifs is 1. The number of nitrogens with zero attached hydrogens (tertiary/aromatic N) is 3. The number of anilines is 2. The molecule has 0 saturated carbocycles. The first-order chi connectivity index (χ1) is 14.7. The van der Waals surface area contributed by atoms with Crippen LogP contribution < -0.4 is 25.0 Å². The molecule has 7 nitrogen and oxygen atoms in total. The predicted molar refractivity (Wildman–Crippen MR) is 121 cm³/mol. The Morgan fingerprint density at radius 1 is 1.13 bits per heavy atom. The predicted octanol–water partition coefficient (Wildman–Crippen LogP) is 3.67. The highest BCUT2D eigenvalue weighted by Crippen LogP contribution is 2.32. The molecule has 2 aliphatic heterocycles. The van der Waals surface area contributed by atoms with Crippen LogP contribution in [0.25, 0.3) is 0 Å². The van der Waals surface area contributed by atoms with Crippen LogP contribution in [-0.2, 0) is 6.54 Å². The van der Waals surface area contributed by atoms with E-state index in [1.54, 1.807) is 7.05 Å². The number of hydrogen-bond acceptors (Lipinski definition) is 5. The van der Waals surface area contributed by atoms with E-state index in [1.165, 1.54) is 12.8 Å². The zero-order chi connectivity index (χ0) is 20.8. The van der Waals surface area contributed by atoms with Crippen molar-refractivity contribution in [1.29, 1.82) is 0 Å². The summed E-state index contributed by atoms with van der Waals surface area (Å²) < 4.78 is 11.5. The fourth-order valence-corrected chi connectivity index (χ4v) is 3.69. The van der Waals surface area contributed by atoms with Gasteiger partial charge in [-0.1, -0.05) is 13.0 Å². The molecule has 0 unspecified atom stereocenters. The summed E-state index contributed by atoms with van der Waals surface area (Å²) in [5.74, 6) is 4.14. The molecule has 1 aromatic heterocycles. The molecule has 30 heavy (non-hydrogen) atoms. The number of benzene rings is 1. The van der Waals surface area contributed by atoms with E-state index >= 15 is 0 Å². The van der Waals surface area contributed by atoms with E-state index in [1.807, 2.05) is 24.4 Å². The van der Waals surface area contributed by atoms with E-state index in [-0.39, 0.29) is 0 Å². The number of piperidine rings is 1. The summed E-state index contributed by atoms with van der Waals surface area (Å²) in [6.07, 6.45) is 5.32. The van der Waals surface area contributed by atoms with Crippen molar-refractivity contribution in [2.75, 3.05) is 43.6 Å². The lowest BCUT2D eigenvalue weighted by Crippen LogP contribution is -2.33. The zero-order valence-electron chi connectivity index (χ0n) is 17.9. The minimum atomic E-state index is 0.647. The number of rotatable bonds is 4. The quantitative estimate of drug-likeness (QED) is 0.593. The van der Waals surface area contributed by atoms with Crippen molar-refractivity contribution in [3.8, 4) is 11.5 Å². The molecule has 7 heteroatoms. The van der Waals surface area contributed by atoms with E-state index in [2.05, 4.69) is 44.6 Å². The van der Waals surface area contributed by atoms with Crippen LogP contribution in [0.2, 0.25) is 0 Å². The van der Waals surface area contributed by atoms with Gasteiger partial charge in [0, 0.05) is 51.1 Å². The van der Waals surface area contributed by atoms with Crippen LogP contribution in [0.3, 0.4) is 0 Å². The third-order valence-electron chi connectivity index (χ3n) is 5.61. The fourth-order valence-electron chi connectivity index (χ4n) is 3.69. The van der Waals surface area contributed by atoms with Gasteiger partial charge in [0.1, 0.15) is 5.82 Å². The second-order valence-electron chi connectivity index (χ2n) is 7.96. The molecule has 0 amide bonds. The Morgan fingerprint density at radius 2 is 1.93 bits per heavy atom. The van der Waals surface area contributed by atoms with Crippen LogP contribution in [0.1, 0.15) is 31.7 Å². The number of aromatic nitrogens is 1. The van der Waals surface area contributed by atoms with Crippen LogP contribution in [0.4, 0.5) is 11.5 Å². The van der Waals surface area contributed by atoms with Gasteiger partial charge in [-0.25, -0.2) is 4.98 Å². The van der Waals surface area contributed by atoms with E-state index in [9.17, 15) is 0 Å². The highest BCUT2D eigenvalue weighted by atomic mass is 16.5. The Balaban J connectivity index is 1.32. The molecule has 0 atom stereocenters. The Hall–Kier alpha value is -2.96. The Bertz CT molecular complexity index is 860. The summed E-state index contributed by atoms with van der Waals surface area (Å²) in [6, 6.07) is 10.1. The summed E-state index contributed by atoms with van der Waals surface area (Å²) in [5.41, 5.74) is 2.02. The largest absolute Gasteiger partial charge is 0.490 e. The monoisotopic (exact) mass is 409 g/mol. The van der Waals surface area contributed by atoms with Crippen molar-refractivity contribution in [2.24, 2.45) is 10.9 Å². The molecular formula is C23H31N5O2. The van der Waals surface area contributed by atoms with E-state index < -0.39 is 0 Å². The van der Waals surface area contributed by atoms with Gasteiger partial charge in [0.15, 0.2) is 17.5 Å². The summed E-state index contributed by atoms with van der Waals surface area (Å²) in [4.78, 5) is 11.4. The Kier molecular flexibility index (Phi) is 6.57. The first kappa shape index (κ1) is 20.3. The third kappa shape index (κ3) is 5.14. The van der Waals surface area contributed by atoms with Crippen molar-refractivity contribution in [2.45, 2.75) is 32.7 Å². The van der Waals surface area contributed by atoms with Crippen molar-refractivity contribution in [3.63, 3.8) is 0 Å². The normalized spacial score (nSPS) is 17.4. The maximum atomic E-state index is 5.76. The summed E-state index contributed by atoms with van der Waals surface area (Å²) >= 11 is 0. The van der Waals surface area contributed by atoms with E-state index in [0.717, 1.165) is 54.0 Å². The minimum Gasteiger partial charge on any atom is -0.490 e. The molecular weight excluding hydrogens is 378 g/mol. The number of ether oxygens (including phenoxy) is 2. The van der Waals surface area contributed by atoms with Crippen molar-refractivity contribution >= 4 is 17.5 Å². The number of nitrogens with one attached hydrogen (secondary N) is 2. The van der Waals surface area contributed by atoms with Crippen LogP contribution in [-0.4, -0.2) is 44.3 Å². The van der Waals surface area contributed by atoms with Gasteiger partial charge in [0.2, 0.25) is 0 Å². The molecule has 160 valence electrons. The van der Waals surface area contributed by atoms with E-state index in [4.69, 9.17) is 9.47 Å². The van der Waals surface area contributed by atoms with E-state index in [0.29, 0.717) is 25.7 Å². The van der Waals surface area contributed by atoms with Crippen molar-refractivity contribution in [1.82, 2.24) is 10.3 Å². The first-order valence-corrected chi connectivity index (χ1v) is 10.8. The second kappa shape index (κ2) is 9.69. The topological polar surface area (TPSA) is 71.0 Å². The molecule has 0 spiro atoms. The van der Waals surface area contributed by atoms with Gasteiger partial charge in [0.05, 0.1) is 13.2 Å². The zero-order valence-corrected chi connectivity index (χ0v) is 17.9. The molecule has 1 saturated heterocycles. The van der Waals surface area contributed by atoms with Crippen LogP contribution in [0.15, 0.2) is 41.5 Å². The molecule has 0 radical (unpaired) electrons. The fraction of sp³-hybridized carbons (Fsp3) is 0.478. The first-order valence-electron chi connectivity index (χ1n) is 10.8. The molecule has 2 aliphatic rings. The summed E-state index contributed by atoms with van der Waals surface area (Å²) in [7, 11) is 1.76. The molecule has 0 bridgehead atoms. The van der Waals surface area contributed by atoms with Crippen LogP contribution >= 0.6 is 0 Å². The van der Waals surface area contributed by atoms with Crippen molar-refractivity contribution < 1.29 is 9.47 Å². The van der Waals surface area contributed by atoms with Gasteiger partial charge in [0.25, 0.3) is 0 Å². The lowest BCUT2D eigenvalue weighted by Gasteiger charge is -2.31. The van der Waals surface area contributed by atoms with Gasteiger partial charge in [-0.3, -0.25) is 4.99 Å². The SMILES string of the molecule is CN=C(NCc1ccc(N2CCC(C)CC2)nc1)Nc1ccc2c(c1)OCCCO2. The molecule has 2 N–H and O–H groups in total. The smallest absolute Gasteiger partial charge is 0.195 e. The maximum absolute atomic E-state index is 5.76. The summed E-state index contributed by atoms with van der Waals surface area (Å²) in [6.45, 7) is 6.52. The molecule has 1 aromatic carbocycles. The molecule has 1 fully saturated rings. The van der Waals surface area contributed by atoms with Gasteiger partial charge >= 0.3 is 0 Å². The number of pyridine rings is 1. The standard InChI is InChI=1S/C23H31N5O2/c1-17-8-10-28(11-9-17)22-7-4-18(15-25-22)16-26-23(24-2)27-19-5-6-20-21(14-19)30-13-3-12-29-20/h4-7,14-15,17H,3,8-13,16H2,1-2H3,(H2,24,26,27). The molecule has 4 rings (SSSR count). The minimum absolute atomic E-state index is 0.647. The molecule has 3 heterocycles. The van der Waals surface area contributed by atoms with Gasteiger partial charge in [-0.2, -0.15) is 0 Å². The summed E-state index contributed by atoms with van der Waals surface area (Å²) in [5, 5.41) is 6.66. The third-order valence-corrected chi connectivity index (χ3v) is 5.61. The highest BCUT2D eigenvalue weighted by Gasteiger charge is 2.16.